The Hall–Kier alpha value is -2.25. The van der Waals surface area contributed by atoms with Gasteiger partial charge in [-0.3, -0.25) is 9.69 Å². The molecule has 0 aliphatic carbocycles. The number of halogens is 1. The van der Waals surface area contributed by atoms with E-state index in [1.807, 2.05) is 17.0 Å². The first-order valence-electron chi connectivity index (χ1n) is 10.9. The van der Waals surface area contributed by atoms with E-state index >= 15 is 0 Å². The molecule has 7 heteroatoms. The lowest BCUT2D eigenvalue weighted by Crippen LogP contribution is -2.43. The van der Waals surface area contributed by atoms with Crippen molar-refractivity contribution in [3.8, 4) is 0 Å². The molecule has 0 unspecified atom stereocenters. The number of hydrogen-bond donors (Lipinski definition) is 0. The van der Waals surface area contributed by atoms with E-state index in [4.69, 9.17) is 9.26 Å². The molecule has 0 saturated carbocycles. The standard InChI is InChI=1S/C23H30FN3O3/c1-17-13-22(25-30-17)23(28)27(16-20-6-4-12-29-20)14-18-8-10-26(11-9-18)15-19-5-2-3-7-21(19)24/h2-3,5,7,13,18,20H,4,6,8-12,14-16H2,1H3/t20-/m1/s1. The molecule has 30 heavy (non-hydrogen) atoms. The fourth-order valence-corrected chi connectivity index (χ4v) is 4.41. The summed E-state index contributed by atoms with van der Waals surface area (Å²) in [6.45, 7) is 6.30. The quantitative estimate of drug-likeness (QED) is 0.691. The van der Waals surface area contributed by atoms with Gasteiger partial charge in [-0.15, -0.1) is 0 Å². The zero-order chi connectivity index (χ0) is 20.9. The number of nitrogens with zero attached hydrogens (tertiary/aromatic N) is 3. The number of carbonyl (C=O) groups excluding carboxylic acids is 1. The lowest BCUT2D eigenvalue weighted by Gasteiger charge is -2.35. The Balaban J connectivity index is 1.34. The minimum Gasteiger partial charge on any atom is -0.376 e. The first kappa shape index (κ1) is 21.0. The molecule has 2 aromatic rings. The van der Waals surface area contributed by atoms with Gasteiger partial charge in [0.15, 0.2) is 5.69 Å². The molecule has 1 amide bonds. The van der Waals surface area contributed by atoms with Gasteiger partial charge in [-0.25, -0.2) is 4.39 Å². The van der Waals surface area contributed by atoms with E-state index in [-0.39, 0.29) is 17.8 Å². The largest absolute Gasteiger partial charge is 0.376 e. The normalized spacial score (nSPS) is 20.5. The van der Waals surface area contributed by atoms with E-state index in [1.165, 1.54) is 6.07 Å². The Morgan fingerprint density at radius 3 is 2.70 bits per heavy atom. The number of benzene rings is 1. The molecule has 3 heterocycles. The summed E-state index contributed by atoms with van der Waals surface area (Å²) in [5.74, 6) is 0.823. The summed E-state index contributed by atoms with van der Waals surface area (Å²) < 4.78 is 24.8. The van der Waals surface area contributed by atoms with Crippen LogP contribution in [0.4, 0.5) is 4.39 Å². The number of rotatable bonds is 7. The van der Waals surface area contributed by atoms with Crippen LogP contribution in [0.1, 0.15) is 47.5 Å². The minimum absolute atomic E-state index is 0.0869. The van der Waals surface area contributed by atoms with Crippen molar-refractivity contribution in [3.05, 3.63) is 53.2 Å². The Bertz CT molecular complexity index is 842. The number of amides is 1. The minimum atomic E-state index is -0.143. The van der Waals surface area contributed by atoms with Crippen LogP contribution in [-0.4, -0.2) is 59.8 Å². The van der Waals surface area contributed by atoms with Crippen LogP contribution in [0.25, 0.3) is 0 Å². The van der Waals surface area contributed by atoms with E-state index in [0.717, 1.165) is 50.9 Å². The first-order valence-corrected chi connectivity index (χ1v) is 10.9. The average molecular weight is 416 g/mol. The smallest absolute Gasteiger partial charge is 0.276 e. The summed E-state index contributed by atoms with van der Waals surface area (Å²) in [6, 6.07) is 8.67. The molecule has 1 aromatic carbocycles. The number of carbonyl (C=O) groups is 1. The summed E-state index contributed by atoms with van der Waals surface area (Å²) in [4.78, 5) is 17.2. The zero-order valence-electron chi connectivity index (χ0n) is 17.6. The van der Waals surface area contributed by atoms with Gasteiger partial charge in [-0.05, 0) is 57.7 Å². The van der Waals surface area contributed by atoms with Gasteiger partial charge in [0.25, 0.3) is 5.91 Å². The third kappa shape index (κ3) is 5.26. The number of likely N-dealkylation sites (tertiary alicyclic amines) is 1. The van der Waals surface area contributed by atoms with E-state index in [0.29, 0.717) is 37.0 Å². The predicted octanol–water partition coefficient (Wildman–Crippen LogP) is 3.66. The molecule has 2 saturated heterocycles. The molecular formula is C23H30FN3O3. The number of hydrogen-bond acceptors (Lipinski definition) is 5. The van der Waals surface area contributed by atoms with Crippen molar-refractivity contribution in [3.63, 3.8) is 0 Å². The summed E-state index contributed by atoms with van der Waals surface area (Å²) in [6.07, 6.45) is 4.11. The lowest BCUT2D eigenvalue weighted by atomic mass is 9.95. The molecule has 2 aliphatic rings. The molecule has 2 fully saturated rings. The van der Waals surface area contributed by atoms with E-state index < -0.39 is 0 Å². The fraction of sp³-hybridized carbons (Fsp3) is 0.565. The van der Waals surface area contributed by atoms with Crippen molar-refractivity contribution in [2.24, 2.45) is 5.92 Å². The summed E-state index contributed by atoms with van der Waals surface area (Å²) in [7, 11) is 0. The van der Waals surface area contributed by atoms with Gasteiger partial charge in [0.2, 0.25) is 0 Å². The Morgan fingerprint density at radius 2 is 2.03 bits per heavy atom. The molecule has 162 valence electrons. The van der Waals surface area contributed by atoms with Crippen LogP contribution in [0.3, 0.4) is 0 Å². The lowest BCUT2D eigenvalue weighted by molar-refractivity contribution is 0.0437. The predicted molar refractivity (Wildman–Crippen MR) is 111 cm³/mol. The number of aryl methyl sites for hydroxylation is 1. The van der Waals surface area contributed by atoms with Crippen molar-refractivity contribution in [1.29, 1.82) is 0 Å². The highest BCUT2D eigenvalue weighted by atomic mass is 19.1. The maximum atomic E-state index is 13.9. The van der Waals surface area contributed by atoms with E-state index in [9.17, 15) is 9.18 Å². The molecule has 0 N–H and O–H groups in total. The van der Waals surface area contributed by atoms with Crippen molar-refractivity contribution in [2.45, 2.75) is 45.3 Å². The molecule has 2 aliphatic heterocycles. The van der Waals surface area contributed by atoms with Crippen molar-refractivity contribution in [1.82, 2.24) is 15.0 Å². The second kappa shape index (κ2) is 9.71. The summed E-state index contributed by atoms with van der Waals surface area (Å²) >= 11 is 0. The van der Waals surface area contributed by atoms with Crippen LogP contribution >= 0.6 is 0 Å². The van der Waals surface area contributed by atoms with E-state index in [2.05, 4.69) is 10.1 Å². The number of ether oxygens (including phenoxy) is 1. The molecule has 1 atom stereocenters. The SMILES string of the molecule is Cc1cc(C(=O)N(CC2CCN(Cc3ccccc3F)CC2)C[C@H]2CCCO2)no1. The van der Waals surface area contributed by atoms with Crippen LogP contribution < -0.4 is 0 Å². The van der Waals surface area contributed by atoms with Gasteiger partial charge < -0.3 is 14.2 Å². The Kier molecular flexibility index (Phi) is 6.79. The highest BCUT2D eigenvalue weighted by molar-refractivity contribution is 5.92. The molecule has 0 bridgehead atoms. The summed E-state index contributed by atoms with van der Waals surface area (Å²) in [5.41, 5.74) is 1.11. The fourth-order valence-electron chi connectivity index (χ4n) is 4.41. The van der Waals surface area contributed by atoms with E-state index in [1.54, 1.807) is 19.1 Å². The van der Waals surface area contributed by atoms with Crippen molar-refractivity contribution >= 4 is 5.91 Å². The van der Waals surface area contributed by atoms with Gasteiger partial charge in [0.1, 0.15) is 11.6 Å². The monoisotopic (exact) mass is 415 g/mol. The maximum absolute atomic E-state index is 13.9. The van der Waals surface area contributed by atoms with Crippen LogP contribution in [-0.2, 0) is 11.3 Å². The Labute approximate surface area is 177 Å². The molecule has 0 radical (unpaired) electrons. The topological polar surface area (TPSA) is 58.8 Å². The Morgan fingerprint density at radius 1 is 1.23 bits per heavy atom. The molecule has 1 aromatic heterocycles. The second-order valence-corrected chi connectivity index (χ2v) is 8.48. The third-order valence-corrected chi connectivity index (χ3v) is 6.12. The highest BCUT2D eigenvalue weighted by Crippen LogP contribution is 2.23. The number of aromatic nitrogens is 1. The van der Waals surface area contributed by atoms with Gasteiger partial charge in [0, 0.05) is 37.9 Å². The second-order valence-electron chi connectivity index (χ2n) is 8.48. The first-order chi connectivity index (χ1) is 14.6. The number of piperidine rings is 1. The molecule has 6 nitrogen and oxygen atoms in total. The van der Waals surface area contributed by atoms with Gasteiger partial charge >= 0.3 is 0 Å². The van der Waals surface area contributed by atoms with Crippen LogP contribution in [0.2, 0.25) is 0 Å². The van der Waals surface area contributed by atoms with Crippen LogP contribution in [0, 0.1) is 18.7 Å². The molecule has 0 spiro atoms. The van der Waals surface area contributed by atoms with Crippen LogP contribution in [0.5, 0.6) is 0 Å². The van der Waals surface area contributed by atoms with Gasteiger partial charge in [-0.2, -0.15) is 0 Å². The van der Waals surface area contributed by atoms with Crippen molar-refractivity contribution in [2.75, 3.05) is 32.8 Å². The highest BCUT2D eigenvalue weighted by Gasteiger charge is 2.29. The molecular weight excluding hydrogens is 385 g/mol. The van der Waals surface area contributed by atoms with Gasteiger partial charge in [-0.1, -0.05) is 23.4 Å². The molecule has 4 rings (SSSR count). The third-order valence-electron chi connectivity index (χ3n) is 6.12. The van der Waals surface area contributed by atoms with Crippen LogP contribution in [0.15, 0.2) is 34.9 Å². The average Bonchev–Trinajstić information content (AvgIpc) is 3.42. The van der Waals surface area contributed by atoms with Crippen molar-refractivity contribution < 1.29 is 18.4 Å². The zero-order valence-corrected chi connectivity index (χ0v) is 17.6. The summed E-state index contributed by atoms with van der Waals surface area (Å²) in [5, 5.41) is 3.92. The maximum Gasteiger partial charge on any atom is 0.276 e. The van der Waals surface area contributed by atoms with Gasteiger partial charge in [0.05, 0.1) is 6.10 Å².